The van der Waals surface area contributed by atoms with Crippen LogP contribution in [0.4, 0.5) is 13.2 Å². The number of carbonyl (C=O) groups is 5. The third kappa shape index (κ3) is 8.33. The lowest BCUT2D eigenvalue weighted by Gasteiger charge is -2.30. The molecule has 2 heterocycles. The van der Waals surface area contributed by atoms with Gasteiger partial charge < -0.3 is 20.3 Å². The van der Waals surface area contributed by atoms with E-state index < -0.39 is 66.0 Å². The Labute approximate surface area is 248 Å². The number of alkyl halides is 3. The van der Waals surface area contributed by atoms with E-state index in [1.165, 1.54) is 11.8 Å². The van der Waals surface area contributed by atoms with E-state index in [9.17, 15) is 37.1 Å². The van der Waals surface area contributed by atoms with Gasteiger partial charge in [0.15, 0.2) is 11.9 Å². The zero-order valence-electron chi connectivity index (χ0n) is 24.4. The standard InChI is InChI=1S/C30H38F3N3O7/c1-17(2)13-22(42-23(37)14-19-7-5-4-6-8-19)28(41)36-16-29(10-11-29)15-21(36)27(40)35-18(3)24(38)25(43-30(31,32)33)20-9-12-34-26(20)39/h4-8,17-18,20-22,25H,9-16H2,1-3H3,(H,34,39)(H,35,40)/t18?,20-,21-,22+,25-/m0/s1. The summed E-state index contributed by atoms with van der Waals surface area (Å²) in [6.45, 7) is 5.34. The molecule has 5 atom stereocenters. The molecule has 1 unspecified atom stereocenters. The van der Waals surface area contributed by atoms with Crippen LogP contribution in [0.25, 0.3) is 0 Å². The highest BCUT2D eigenvalue weighted by Crippen LogP contribution is 2.55. The smallest absolute Gasteiger partial charge is 0.452 e. The van der Waals surface area contributed by atoms with Gasteiger partial charge >= 0.3 is 12.3 Å². The summed E-state index contributed by atoms with van der Waals surface area (Å²) in [5.74, 6) is -5.02. The summed E-state index contributed by atoms with van der Waals surface area (Å²) in [5.41, 5.74) is 0.450. The van der Waals surface area contributed by atoms with Gasteiger partial charge in [0, 0.05) is 13.1 Å². The highest BCUT2D eigenvalue weighted by atomic mass is 19.4. The van der Waals surface area contributed by atoms with Crippen molar-refractivity contribution in [2.24, 2.45) is 17.3 Å². The number of esters is 1. The first kappa shape index (κ1) is 32.4. The first-order valence-corrected chi connectivity index (χ1v) is 14.6. The number of hydrogen-bond acceptors (Lipinski definition) is 7. The van der Waals surface area contributed by atoms with Gasteiger partial charge in [0.25, 0.3) is 5.91 Å². The minimum atomic E-state index is -5.18. The van der Waals surface area contributed by atoms with Crippen LogP contribution >= 0.6 is 0 Å². The summed E-state index contributed by atoms with van der Waals surface area (Å²) in [4.78, 5) is 66.6. The maximum atomic E-state index is 13.8. The summed E-state index contributed by atoms with van der Waals surface area (Å²) < 4.78 is 49.2. The summed E-state index contributed by atoms with van der Waals surface area (Å²) in [7, 11) is 0. The van der Waals surface area contributed by atoms with Gasteiger partial charge in [0.2, 0.25) is 11.8 Å². The van der Waals surface area contributed by atoms with Crippen molar-refractivity contribution < 1.29 is 46.6 Å². The first-order chi connectivity index (χ1) is 20.2. The molecule has 1 aliphatic carbocycles. The SMILES string of the molecule is CC(C)C[C@@H](OC(=O)Cc1ccccc1)C(=O)N1CC2(CC2)C[C@H]1C(=O)NC(C)C(=O)[C@@H](OC(F)(F)F)[C@@H]1CCNC1=O. The zero-order valence-corrected chi connectivity index (χ0v) is 24.4. The maximum Gasteiger partial charge on any atom is 0.523 e. The van der Waals surface area contributed by atoms with E-state index in [0.717, 1.165) is 18.4 Å². The van der Waals surface area contributed by atoms with Crippen LogP contribution in [0.15, 0.2) is 30.3 Å². The molecule has 0 radical (unpaired) electrons. The fourth-order valence-electron chi connectivity index (χ4n) is 5.85. The molecule has 1 spiro atoms. The Hall–Kier alpha value is -3.48. The zero-order chi connectivity index (χ0) is 31.5. The second-order valence-corrected chi connectivity index (χ2v) is 12.3. The molecule has 1 saturated carbocycles. The number of nitrogens with one attached hydrogen (secondary N) is 2. The molecule has 0 aromatic heterocycles. The number of halogens is 3. The summed E-state index contributed by atoms with van der Waals surface area (Å²) in [6.07, 6.45) is -6.39. The summed E-state index contributed by atoms with van der Waals surface area (Å²) in [5, 5.41) is 4.85. The van der Waals surface area contributed by atoms with Crippen molar-refractivity contribution in [3.05, 3.63) is 35.9 Å². The number of rotatable bonds is 12. The van der Waals surface area contributed by atoms with Gasteiger partial charge in [0.05, 0.1) is 18.4 Å². The predicted octanol–water partition coefficient (Wildman–Crippen LogP) is 2.68. The number of nitrogens with zero attached hydrogens (tertiary/aromatic N) is 1. The van der Waals surface area contributed by atoms with Crippen LogP contribution < -0.4 is 10.6 Å². The molecule has 1 aromatic carbocycles. The molecule has 13 heteroatoms. The molecule has 2 N–H and O–H groups in total. The fraction of sp³-hybridized carbons (Fsp3) is 0.633. The van der Waals surface area contributed by atoms with Crippen LogP contribution in [-0.4, -0.2) is 78.1 Å². The van der Waals surface area contributed by atoms with Gasteiger partial charge in [-0.25, -0.2) is 0 Å². The molecule has 3 fully saturated rings. The maximum absolute atomic E-state index is 13.8. The number of Topliss-reactive ketones (excluding diaryl/α,β-unsaturated/α-hetero) is 1. The Morgan fingerprint density at radius 2 is 1.79 bits per heavy atom. The number of hydrogen-bond donors (Lipinski definition) is 2. The molecule has 236 valence electrons. The van der Waals surface area contributed by atoms with E-state index >= 15 is 0 Å². The Bertz CT molecular complexity index is 1220. The third-order valence-electron chi connectivity index (χ3n) is 8.26. The molecule has 2 saturated heterocycles. The topological polar surface area (TPSA) is 131 Å². The van der Waals surface area contributed by atoms with Crippen LogP contribution in [0.2, 0.25) is 0 Å². The second kappa shape index (κ2) is 13.0. The largest absolute Gasteiger partial charge is 0.523 e. The number of ether oxygens (including phenoxy) is 2. The lowest BCUT2D eigenvalue weighted by Crippen LogP contribution is -2.55. The van der Waals surface area contributed by atoms with Crippen LogP contribution in [0.1, 0.15) is 58.4 Å². The van der Waals surface area contributed by atoms with Gasteiger partial charge in [-0.05, 0) is 55.9 Å². The molecule has 3 amide bonds. The van der Waals surface area contributed by atoms with Crippen LogP contribution in [-0.2, 0) is 39.9 Å². The Morgan fingerprint density at radius 1 is 1.12 bits per heavy atom. The van der Waals surface area contributed by atoms with E-state index in [1.54, 1.807) is 24.3 Å². The van der Waals surface area contributed by atoms with E-state index in [-0.39, 0.29) is 43.7 Å². The number of benzene rings is 1. The van der Waals surface area contributed by atoms with Gasteiger partial charge in [-0.2, -0.15) is 0 Å². The number of ketones is 1. The lowest BCUT2D eigenvalue weighted by molar-refractivity contribution is -0.341. The average Bonchev–Trinajstić information content (AvgIpc) is 3.36. The first-order valence-electron chi connectivity index (χ1n) is 14.6. The normalized spacial score (nSPS) is 23.0. The minimum Gasteiger partial charge on any atom is -0.452 e. The Balaban J connectivity index is 1.47. The molecule has 1 aromatic rings. The minimum absolute atomic E-state index is 0.0146. The van der Waals surface area contributed by atoms with Crippen molar-refractivity contribution in [3.63, 3.8) is 0 Å². The Morgan fingerprint density at radius 3 is 2.35 bits per heavy atom. The molecule has 43 heavy (non-hydrogen) atoms. The van der Waals surface area contributed by atoms with Crippen molar-refractivity contribution in [2.45, 2.75) is 90.0 Å². The van der Waals surface area contributed by atoms with Crippen molar-refractivity contribution in [1.29, 1.82) is 0 Å². The van der Waals surface area contributed by atoms with E-state index in [4.69, 9.17) is 4.74 Å². The van der Waals surface area contributed by atoms with Crippen molar-refractivity contribution >= 4 is 29.5 Å². The van der Waals surface area contributed by atoms with Crippen LogP contribution in [0.5, 0.6) is 0 Å². The number of likely N-dealkylation sites (tertiary alicyclic amines) is 1. The average molecular weight is 610 g/mol. The van der Waals surface area contributed by atoms with E-state index in [0.29, 0.717) is 6.42 Å². The van der Waals surface area contributed by atoms with Crippen molar-refractivity contribution in [2.75, 3.05) is 13.1 Å². The summed E-state index contributed by atoms with van der Waals surface area (Å²) in [6, 6.07) is 6.48. The van der Waals surface area contributed by atoms with E-state index in [2.05, 4.69) is 15.4 Å². The van der Waals surface area contributed by atoms with Crippen LogP contribution in [0.3, 0.4) is 0 Å². The van der Waals surface area contributed by atoms with Crippen LogP contribution in [0, 0.1) is 17.3 Å². The molecule has 0 bridgehead atoms. The molecule has 2 aliphatic heterocycles. The van der Waals surface area contributed by atoms with Gasteiger partial charge in [-0.3, -0.25) is 28.7 Å². The molecule has 3 aliphatic rings. The highest BCUT2D eigenvalue weighted by Gasteiger charge is 2.56. The quantitative estimate of drug-likeness (QED) is 0.349. The van der Waals surface area contributed by atoms with Gasteiger partial charge in [0.1, 0.15) is 12.1 Å². The van der Waals surface area contributed by atoms with E-state index in [1.807, 2.05) is 19.9 Å². The molecular formula is C30H38F3N3O7. The second-order valence-electron chi connectivity index (χ2n) is 12.3. The van der Waals surface area contributed by atoms with Gasteiger partial charge in [-0.15, -0.1) is 13.2 Å². The number of amides is 3. The highest BCUT2D eigenvalue weighted by molar-refractivity contribution is 5.98. The Kier molecular flexibility index (Phi) is 9.83. The monoisotopic (exact) mass is 609 g/mol. The number of carbonyl (C=O) groups excluding carboxylic acids is 5. The molecule has 4 rings (SSSR count). The summed E-state index contributed by atoms with van der Waals surface area (Å²) >= 11 is 0. The van der Waals surface area contributed by atoms with Crippen molar-refractivity contribution in [1.82, 2.24) is 15.5 Å². The fourth-order valence-corrected chi connectivity index (χ4v) is 5.85. The molecule has 10 nitrogen and oxygen atoms in total. The molecular weight excluding hydrogens is 571 g/mol. The third-order valence-corrected chi connectivity index (χ3v) is 8.26. The van der Waals surface area contributed by atoms with Gasteiger partial charge in [-0.1, -0.05) is 44.2 Å². The lowest BCUT2D eigenvalue weighted by atomic mass is 9.93. The predicted molar refractivity (Wildman–Crippen MR) is 146 cm³/mol. The van der Waals surface area contributed by atoms with Crippen molar-refractivity contribution in [3.8, 4) is 0 Å².